The van der Waals surface area contributed by atoms with Crippen molar-refractivity contribution in [2.24, 2.45) is 5.92 Å². The smallest absolute Gasteiger partial charge is 0.218 e. The van der Waals surface area contributed by atoms with Crippen LogP contribution in [0, 0.1) is 5.92 Å². The zero-order valence-electron chi connectivity index (χ0n) is 12.8. The van der Waals surface area contributed by atoms with E-state index in [0.29, 0.717) is 25.2 Å². The lowest BCUT2D eigenvalue weighted by Crippen LogP contribution is -2.39. The van der Waals surface area contributed by atoms with Crippen molar-refractivity contribution in [3.63, 3.8) is 0 Å². The minimum absolute atomic E-state index is 0.113. The average molecular weight is 290 g/mol. The molecule has 4 nitrogen and oxygen atoms in total. The third-order valence-electron chi connectivity index (χ3n) is 3.87. The molecule has 2 rings (SSSR count). The summed E-state index contributed by atoms with van der Waals surface area (Å²) < 4.78 is 10.7. The Kier molecular flexibility index (Phi) is 5.26. The number of Topliss-reactive ketones (excluding diaryl/α,β-unsaturated/α-hetero) is 2. The lowest BCUT2D eigenvalue weighted by Gasteiger charge is -2.29. The summed E-state index contributed by atoms with van der Waals surface area (Å²) in [4.78, 5) is 25.2. The monoisotopic (exact) mass is 290 g/mol. The lowest BCUT2D eigenvalue weighted by molar-refractivity contribution is -0.170. The highest BCUT2D eigenvalue weighted by atomic mass is 16.7. The number of fused-ring (bicyclic) bond motifs is 1. The predicted molar refractivity (Wildman–Crippen MR) is 79.3 cm³/mol. The van der Waals surface area contributed by atoms with Gasteiger partial charge in [0, 0.05) is 18.8 Å². The van der Waals surface area contributed by atoms with Gasteiger partial charge in [-0.25, -0.2) is 0 Å². The van der Waals surface area contributed by atoms with Crippen LogP contribution in [-0.4, -0.2) is 31.1 Å². The minimum Gasteiger partial charge on any atom is -0.346 e. The van der Waals surface area contributed by atoms with Crippen molar-refractivity contribution in [1.82, 2.24) is 0 Å². The number of hydrogen-bond donors (Lipinski definition) is 0. The Morgan fingerprint density at radius 3 is 2.48 bits per heavy atom. The van der Waals surface area contributed by atoms with Crippen LogP contribution in [0.2, 0.25) is 0 Å². The van der Waals surface area contributed by atoms with Crippen LogP contribution in [0.5, 0.6) is 0 Å². The van der Waals surface area contributed by atoms with E-state index in [0.717, 1.165) is 5.56 Å². The van der Waals surface area contributed by atoms with Crippen molar-refractivity contribution in [3.8, 4) is 0 Å². The molecule has 2 atom stereocenters. The molecule has 0 N–H and O–H groups in total. The fourth-order valence-corrected chi connectivity index (χ4v) is 2.85. The molecule has 0 radical (unpaired) electrons. The molecule has 1 aliphatic rings. The second-order valence-corrected chi connectivity index (χ2v) is 5.29. The molecule has 2 unspecified atom stereocenters. The molecule has 0 heterocycles. The molecule has 1 aromatic rings. The van der Waals surface area contributed by atoms with E-state index in [1.807, 2.05) is 25.1 Å². The average Bonchev–Trinajstić information content (AvgIpc) is 2.50. The first kappa shape index (κ1) is 15.9. The van der Waals surface area contributed by atoms with Crippen molar-refractivity contribution >= 4 is 11.6 Å². The van der Waals surface area contributed by atoms with Gasteiger partial charge in [-0.05, 0) is 31.7 Å². The van der Waals surface area contributed by atoms with Crippen LogP contribution in [0.4, 0.5) is 0 Å². The van der Waals surface area contributed by atoms with Gasteiger partial charge in [0.15, 0.2) is 11.6 Å². The highest BCUT2D eigenvalue weighted by Crippen LogP contribution is 2.35. The highest BCUT2D eigenvalue weighted by molar-refractivity contribution is 6.13. The second kappa shape index (κ2) is 6.96. The van der Waals surface area contributed by atoms with Crippen LogP contribution in [0.1, 0.15) is 49.0 Å². The third kappa shape index (κ3) is 3.22. The lowest BCUT2D eigenvalue weighted by atomic mass is 9.75. The maximum Gasteiger partial charge on any atom is 0.218 e. The Labute approximate surface area is 125 Å². The van der Waals surface area contributed by atoms with Crippen molar-refractivity contribution in [2.75, 3.05) is 13.2 Å². The second-order valence-electron chi connectivity index (χ2n) is 5.29. The summed E-state index contributed by atoms with van der Waals surface area (Å²) in [5.74, 6) is -0.863. The number of hydrogen-bond acceptors (Lipinski definition) is 4. The Morgan fingerprint density at radius 2 is 1.86 bits per heavy atom. The van der Waals surface area contributed by atoms with Gasteiger partial charge in [-0.2, -0.15) is 0 Å². The molecule has 4 heteroatoms. The van der Waals surface area contributed by atoms with Gasteiger partial charge in [-0.1, -0.05) is 31.2 Å². The van der Waals surface area contributed by atoms with Crippen molar-refractivity contribution < 1.29 is 19.1 Å². The molecule has 0 bridgehead atoms. The van der Waals surface area contributed by atoms with E-state index in [1.165, 1.54) is 0 Å². The molecule has 0 saturated carbocycles. The number of carbonyl (C=O) groups is 2. The van der Waals surface area contributed by atoms with Gasteiger partial charge in [0.1, 0.15) is 0 Å². The first-order valence-electron chi connectivity index (χ1n) is 7.50. The van der Waals surface area contributed by atoms with Gasteiger partial charge in [0.05, 0.1) is 5.92 Å². The summed E-state index contributed by atoms with van der Waals surface area (Å²) in [6, 6.07) is 7.51. The standard InChI is InChI=1S/C17H22O4/c1-4-20-17(21-5-2)16(19)14-10-11(3)12-8-6-7-9-13(12)15(14)18/h6-9,11,14,17H,4-5,10H2,1-3H3. The SMILES string of the molecule is CCOC(OCC)C(=O)C1CC(C)c2ccccc2C1=O. The third-order valence-corrected chi connectivity index (χ3v) is 3.87. The molecule has 1 aromatic carbocycles. The molecule has 0 fully saturated rings. The Hall–Kier alpha value is -1.52. The van der Waals surface area contributed by atoms with E-state index in [-0.39, 0.29) is 17.5 Å². The van der Waals surface area contributed by atoms with Crippen LogP contribution in [0.3, 0.4) is 0 Å². The normalized spacial score (nSPS) is 21.4. The van der Waals surface area contributed by atoms with Gasteiger partial charge in [-0.3, -0.25) is 9.59 Å². The van der Waals surface area contributed by atoms with Gasteiger partial charge < -0.3 is 9.47 Å². The van der Waals surface area contributed by atoms with E-state index >= 15 is 0 Å². The number of ether oxygens (including phenoxy) is 2. The van der Waals surface area contributed by atoms with Crippen molar-refractivity contribution in [1.29, 1.82) is 0 Å². The number of ketones is 2. The summed E-state index contributed by atoms with van der Waals surface area (Å²) in [6.45, 7) is 6.41. The van der Waals surface area contributed by atoms with Gasteiger partial charge in [0.25, 0.3) is 0 Å². The molecule has 114 valence electrons. The topological polar surface area (TPSA) is 52.6 Å². The van der Waals surface area contributed by atoms with Gasteiger partial charge >= 0.3 is 0 Å². The van der Waals surface area contributed by atoms with Crippen molar-refractivity contribution in [2.45, 2.75) is 39.4 Å². The van der Waals surface area contributed by atoms with Crippen LogP contribution in [0.25, 0.3) is 0 Å². The number of carbonyl (C=O) groups excluding carboxylic acids is 2. The first-order chi connectivity index (χ1) is 10.1. The maximum atomic E-state index is 12.6. The summed E-state index contributed by atoms with van der Waals surface area (Å²) in [5.41, 5.74) is 1.68. The molecule has 0 aliphatic heterocycles. The molecule has 0 spiro atoms. The van der Waals surface area contributed by atoms with E-state index < -0.39 is 12.2 Å². The number of benzene rings is 1. The van der Waals surface area contributed by atoms with Crippen molar-refractivity contribution in [3.05, 3.63) is 35.4 Å². The molecular weight excluding hydrogens is 268 g/mol. The zero-order valence-corrected chi connectivity index (χ0v) is 12.8. The van der Waals surface area contributed by atoms with Crippen LogP contribution in [-0.2, 0) is 14.3 Å². The van der Waals surface area contributed by atoms with Crippen LogP contribution < -0.4 is 0 Å². The Bertz CT molecular complexity index is 517. The predicted octanol–water partition coefficient (Wildman–Crippen LogP) is 2.96. The van der Waals surface area contributed by atoms with Crippen LogP contribution >= 0.6 is 0 Å². The van der Waals surface area contributed by atoms with Gasteiger partial charge in [-0.15, -0.1) is 0 Å². The van der Waals surface area contributed by atoms with E-state index in [4.69, 9.17) is 9.47 Å². The Balaban J connectivity index is 2.25. The first-order valence-corrected chi connectivity index (χ1v) is 7.50. The quantitative estimate of drug-likeness (QED) is 0.597. The molecule has 0 aromatic heterocycles. The fraction of sp³-hybridized carbons (Fsp3) is 0.529. The fourth-order valence-electron chi connectivity index (χ4n) is 2.85. The minimum atomic E-state index is -0.939. The largest absolute Gasteiger partial charge is 0.346 e. The van der Waals surface area contributed by atoms with E-state index in [1.54, 1.807) is 19.9 Å². The van der Waals surface area contributed by atoms with E-state index in [2.05, 4.69) is 0 Å². The molecular formula is C17H22O4. The van der Waals surface area contributed by atoms with Gasteiger partial charge in [0.2, 0.25) is 6.29 Å². The summed E-state index contributed by atoms with van der Waals surface area (Å²) in [5, 5.41) is 0. The molecule has 1 aliphatic carbocycles. The summed E-state index contributed by atoms with van der Waals surface area (Å²) in [7, 11) is 0. The maximum absolute atomic E-state index is 12.6. The van der Waals surface area contributed by atoms with E-state index in [9.17, 15) is 9.59 Å². The summed E-state index contributed by atoms with van der Waals surface area (Å²) >= 11 is 0. The Morgan fingerprint density at radius 1 is 1.24 bits per heavy atom. The highest BCUT2D eigenvalue weighted by Gasteiger charge is 2.39. The molecule has 0 amide bonds. The summed E-state index contributed by atoms with van der Waals surface area (Å²) in [6.07, 6.45) is -0.419. The molecule has 0 saturated heterocycles. The number of rotatable bonds is 6. The zero-order chi connectivity index (χ0) is 15.4. The van der Waals surface area contributed by atoms with Crippen LogP contribution in [0.15, 0.2) is 24.3 Å². The molecule has 21 heavy (non-hydrogen) atoms.